The lowest BCUT2D eigenvalue weighted by atomic mass is 9.72. The first-order valence-corrected chi connectivity index (χ1v) is 7.83. The Morgan fingerprint density at radius 3 is 2.55 bits per heavy atom. The van der Waals surface area contributed by atoms with E-state index in [2.05, 4.69) is 19.1 Å². The van der Waals surface area contributed by atoms with E-state index in [4.69, 9.17) is 0 Å². The second-order valence-corrected chi connectivity index (χ2v) is 7.29. The normalized spacial score (nSPS) is 39.9. The van der Waals surface area contributed by atoms with Crippen molar-refractivity contribution in [2.45, 2.75) is 19.8 Å². The van der Waals surface area contributed by atoms with E-state index in [9.17, 15) is 14.0 Å². The highest BCUT2D eigenvalue weighted by atomic mass is 19.1. The molecular weight excluding hydrogens is 281 g/mol. The summed E-state index contributed by atoms with van der Waals surface area (Å²) in [6.45, 7) is 2.11. The molecule has 3 aliphatic carbocycles. The molecule has 3 nitrogen and oxygen atoms in total. The molecule has 1 aromatic rings. The SMILES string of the molecule is C[C@@]12C=C[C@@H]([C@H]3C(=O)N(c4ccccc4F)C(=O)[C@@H]31)C21CC1. The Balaban J connectivity index is 1.64. The largest absolute Gasteiger partial charge is 0.274 e. The predicted molar refractivity (Wildman–Crippen MR) is 78.3 cm³/mol. The first-order chi connectivity index (χ1) is 10.5. The number of carbonyl (C=O) groups is 2. The molecule has 4 atom stereocenters. The first kappa shape index (κ1) is 12.6. The Morgan fingerprint density at radius 2 is 1.91 bits per heavy atom. The summed E-state index contributed by atoms with van der Waals surface area (Å²) in [4.78, 5) is 27.0. The van der Waals surface area contributed by atoms with Crippen LogP contribution >= 0.6 is 0 Å². The number of allylic oxidation sites excluding steroid dienone is 2. The third-order valence-corrected chi connectivity index (χ3v) is 6.63. The summed E-state index contributed by atoms with van der Waals surface area (Å²) < 4.78 is 14.1. The minimum absolute atomic E-state index is 0.0970. The molecule has 1 heterocycles. The second-order valence-electron chi connectivity index (χ2n) is 7.29. The molecular formula is C18H16FNO2. The fourth-order valence-electron chi connectivity index (χ4n) is 5.45. The van der Waals surface area contributed by atoms with Gasteiger partial charge in [-0.15, -0.1) is 0 Å². The van der Waals surface area contributed by atoms with Crippen LogP contribution in [0.1, 0.15) is 19.8 Å². The van der Waals surface area contributed by atoms with Crippen LogP contribution < -0.4 is 4.90 Å². The van der Waals surface area contributed by atoms with Crippen molar-refractivity contribution in [3.8, 4) is 0 Å². The molecule has 0 N–H and O–H groups in total. The van der Waals surface area contributed by atoms with Gasteiger partial charge in [-0.3, -0.25) is 9.59 Å². The van der Waals surface area contributed by atoms with Crippen molar-refractivity contribution in [2.24, 2.45) is 28.6 Å². The molecule has 1 aromatic carbocycles. The predicted octanol–water partition coefficient (Wildman–Crippen LogP) is 2.92. The highest BCUT2D eigenvalue weighted by Gasteiger charge is 2.78. The Morgan fingerprint density at radius 1 is 1.18 bits per heavy atom. The molecule has 22 heavy (non-hydrogen) atoms. The molecule has 2 bridgehead atoms. The molecule has 2 saturated carbocycles. The molecule has 2 amide bonds. The molecule has 0 unspecified atom stereocenters. The number of para-hydroxylation sites is 1. The van der Waals surface area contributed by atoms with Gasteiger partial charge in [-0.1, -0.05) is 31.2 Å². The van der Waals surface area contributed by atoms with Crippen molar-refractivity contribution >= 4 is 17.5 Å². The van der Waals surface area contributed by atoms with Crippen molar-refractivity contribution in [2.75, 3.05) is 4.90 Å². The molecule has 0 radical (unpaired) electrons. The summed E-state index contributed by atoms with van der Waals surface area (Å²) in [5.41, 5.74) is -0.0240. The van der Waals surface area contributed by atoms with Gasteiger partial charge in [0.05, 0.1) is 17.5 Å². The van der Waals surface area contributed by atoms with Crippen molar-refractivity contribution in [3.63, 3.8) is 0 Å². The molecule has 1 saturated heterocycles. The zero-order valence-electron chi connectivity index (χ0n) is 12.3. The maximum absolute atomic E-state index is 14.1. The number of halogens is 1. The van der Waals surface area contributed by atoms with E-state index in [1.54, 1.807) is 12.1 Å². The van der Waals surface area contributed by atoms with Crippen molar-refractivity contribution in [1.82, 2.24) is 0 Å². The van der Waals surface area contributed by atoms with E-state index in [0.29, 0.717) is 0 Å². The minimum Gasteiger partial charge on any atom is -0.274 e. The van der Waals surface area contributed by atoms with Crippen LogP contribution in [0.3, 0.4) is 0 Å². The summed E-state index contributed by atoms with van der Waals surface area (Å²) >= 11 is 0. The minimum atomic E-state index is -0.518. The lowest BCUT2D eigenvalue weighted by Gasteiger charge is -2.31. The van der Waals surface area contributed by atoms with Crippen LogP contribution in [0.15, 0.2) is 36.4 Å². The van der Waals surface area contributed by atoms with Crippen LogP contribution in [0.4, 0.5) is 10.1 Å². The number of rotatable bonds is 1. The number of amides is 2. The molecule has 5 rings (SSSR count). The van der Waals surface area contributed by atoms with Crippen molar-refractivity contribution in [1.29, 1.82) is 0 Å². The van der Waals surface area contributed by atoms with Gasteiger partial charge >= 0.3 is 0 Å². The van der Waals surface area contributed by atoms with Gasteiger partial charge in [-0.25, -0.2) is 9.29 Å². The summed E-state index contributed by atoms with van der Waals surface area (Å²) in [5, 5.41) is 0. The van der Waals surface area contributed by atoms with Gasteiger partial charge in [0.2, 0.25) is 11.8 Å². The van der Waals surface area contributed by atoms with E-state index in [1.165, 1.54) is 12.1 Å². The summed E-state index contributed by atoms with van der Waals surface area (Å²) in [5.74, 6) is -1.43. The van der Waals surface area contributed by atoms with Gasteiger partial charge in [-0.2, -0.15) is 0 Å². The number of hydrogen-bond donors (Lipinski definition) is 0. The fraction of sp³-hybridized carbons (Fsp3) is 0.444. The third-order valence-electron chi connectivity index (χ3n) is 6.63. The summed E-state index contributed by atoms with van der Waals surface area (Å²) in [7, 11) is 0. The highest BCUT2D eigenvalue weighted by molar-refractivity contribution is 6.23. The second kappa shape index (κ2) is 3.50. The van der Waals surface area contributed by atoms with E-state index in [-0.39, 0.29) is 46.1 Å². The number of imide groups is 1. The van der Waals surface area contributed by atoms with Crippen LogP contribution in [0, 0.1) is 34.4 Å². The van der Waals surface area contributed by atoms with Crippen LogP contribution in [0.5, 0.6) is 0 Å². The number of fused-ring (bicyclic) bond motifs is 3. The van der Waals surface area contributed by atoms with Gasteiger partial charge in [0.15, 0.2) is 0 Å². The number of hydrogen-bond acceptors (Lipinski definition) is 2. The van der Waals surface area contributed by atoms with Crippen LogP contribution in [0.25, 0.3) is 0 Å². The maximum atomic E-state index is 14.1. The number of carbonyl (C=O) groups excluding carboxylic acids is 2. The standard InChI is InChI=1S/C18H16FNO2/c1-17-7-6-10(18(17)8-9-18)13-14(17)16(22)20(15(13)21)12-5-3-2-4-11(12)19/h2-7,10,13-14H,8-9H2,1H3/t10-,13+,14+,17+/m0/s1. The Hall–Kier alpha value is -1.97. The molecule has 3 fully saturated rings. The van der Waals surface area contributed by atoms with Crippen molar-refractivity contribution < 1.29 is 14.0 Å². The zero-order chi connectivity index (χ0) is 15.3. The van der Waals surface area contributed by atoms with Gasteiger partial charge in [0, 0.05) is 5.41 Å². The quantitative estimate of drug-likeness (QED) is 0.590. The van der Waals surface area contributed by atoms with Crippen molar-refractivity contribution in [3.05, 3.63) is 42.2 Å². The third kappa shape index (κ3) is 1.10. The molecule has 1 spiro atoms. The van der Waals surface area contributed by atoms with E-state index in [1.807, 2.05) is 0 Å². The average Bonchev–Trinajstić information content (AvgIpc) is 3.15. The van der Waals surface area contributed by atoms with Crippen LogP contribution in [0.2, 0.25) is 0 Å². The Kier molecular flexibility index (Phi) is 2.00. The fourth-order valence-corrected chi connectivity index (χ4v) is 5.45. The topological polar surface area (TPSA) is 37.4 Å². The van der Waals surface area contributed by atoms with Gasteiger partial charge in [0.1, 0.15) is 5.82 Å². The number of nitrogens with zero attached hydrogens (tertiary/aromatic N) is 1. The summed E-state index contributed by atoms with van der Waals surface area (Å²) in [6, 6.07) is 6.03. The number of anilines is 1. The smallest absolute Gasteiger partial charge is 0.238 e. The highest BCUT2D eigenvalue weighted by Crippen LogP contribution is 2.79. The monoisotopic (exact) mass is 297 g/mol. The van der Waals surface area contributed by atoms with Gasteiger partial charge in [0.25, 0.3) is 0 Å². The Labute approximate surface area is 127 Å². The zero-order valence-corrected chi connectivity index (χ0v) is 12.3. The maximum Gasteiger partial charge on any atom is 0.238 e. The van der Waals surface area contributed by atoms with Gasteiger partial charge in [-0.05, 0) is 36.3 Å². The number of benzene rings is 1. The van der Waals surface area contributed by atoms with E-state index in [0.717, 1.165) is 17.7 Å². The van der Waals surface area contributed by atoms with E-state index >= 15 is 0 Å². The molecule has 1 aliphatic heterocycles. The molecule has 0 aromatic heterocycles. The molecule has 4 heteroatoms. The van der Waals surface area contributed by atoms with Gasteiger partial charge < -0.3 is 0 Å². The molecule has 4 aliphatic rings. The Bertz CT molecular complexity index is 766. The molecule has 112 valence electrons. The van der Waals surface area contributed by atoms with Crippen LogP contribution in [-0.2, 0) is 9.59 Å². The average molecular weight is 297 g/mol. The van der Waals surface area contributed by atoms with Crippen LogP contribution in [-0.4, -0.2) is 11.8 Å². The summed E-state index contributed by atoms with van der Waals surface area (Å²) in [6.07, 6.45) is 6.45. The lowest BCUT2D eigenvalue weighted by Crippen LogP contribution is -2.38. The lowest BCUT2D eigenvalue weighted by molar-refractivity contribution is -0.124. The first-order valence-electron chi connectivity index (χ1n) is 7.83. The van der Waals surface area contributed by atoms with E-state index < -0.39 is 5.82 Å².